The van der Waals surface area contributed by atoms with Gasteiger partial charge in [-0.25, -0.2) is 5.48 Å². The Balaban J connectivity index is 2.50. The summed E-state index contributed by atoms with van der Waals surface area (Å²) in [6.07, 6.45) is 6.45. The zero-order chi connectivity index (χ0) is 9.68. The van der Waals surface area contributed by atoms with Gasteiger partial charge in [0.05, 0.1) is 9.77 Å². The molecule has 1 rings (SSSR count). The van der Waals surface area contributed by atoms with Gasteiger partial charge in [-0.05, 0) is 22.6 Å². The number of hydroxylamine groups is 1. The van der Waals surface area contributed by atoms with Crippen LogP contribution in [0.25, 0.3) is 0 Å². The average molecular weight is 291 g/mol. The first-order valence-corrected chi connectivity index (χ1v) is 4.38. The van der Waals surface area contributed by atoms with Crippen LogP contribution in [0.5, 0.6) is 0 Å². The molecule has 0 aliphatic heterocycles. The zero-order valence-electron chi connectivity index (χ0n) is 6.50. The molecule has 1 heterocycles. The van der Waals surface area contributed by atoms with E-state index in [4.69, 9.17) is 6.42 Å². The van der Waals surface area contributed by atoms with Crippen molar-refractivity contribution in [3.05, 3.63) is 15.5 Å². The fourth-order valence-electron chi connectivity index (χ4n) is 0.625. The predicted octanol–water partition coefficient (Wildman–Crippen LogP) is 0.309. The van der Waals surface area contributed by atoms with Crippen LogP contribution in [0.3, 0.4) is 0 Å². The van der Waals surface area contributed by atoms with E-state index in [1.54, 1.807) is 0 Å². The van der Waals surface area contributed by atoms with Crippen molar-refractivity contribution in [3.8, 4) is 12.3 Å². The van der Waals surface area contributed by atoms with Gasteiger partial charge in [-0.3, -0.25) is 14.7 Å². The fourth-order valence-corrected chi connectivity index (χ4v) is 1.13. The van der Waals surface area contributed by atoms with Crippen molar-refractivity contribution in [3.63, 3.8) is 0 Å². The molecule has 0 fully saturated rings. The second-order valence-corrected chi connectivity index (χ2v) is 3.18. The molecule has 0 aliphatic rings. The molecule has 68 valence electrons. The number of rotatable bonds is 3. The summed E-state index contributed by atoms with van der Waals surface area (Å²) in [4.78, 5) is 15.9. The summed E-state index contributed by atoms with van der Waals surface area (Å²) < 4.78 is 0.722. The molecule has 0 saturated heterocycles. The summed E-state index contributed by atoms with van der Waals surface area (Å²) in [7, 11) is 0. The summed E-state index contributed by atoms with van der Waals surface area (Å²) in [5, 5.41) is 6.21. The monoisotopic (exact) mass is 291 g/mol. The molecular formula is C7H6IN3O2. The van der Waals surface area contributed by atoms with Crippen LogP contribution in [-0.2, 0) is 4.84 Å². The molecule has 0 atom stereocenters. The quantitative estimate of drug-likeness (QED) is 0.364. The third-order valence-corrected chi connectivity index (χ3v) is 1.96. The lowest BCUT2D eigenvalue weighted by Crippen LogP contribution is -2.24. The number of carbonyl (C=O) groups is 1. The Hall–Kier alpha value is -1.07. The number of halogens is 1. The van der Waals surface area contributed by atoms with Crippen LogP contribution in [0.2, 0.25) is 0 Å². The lowest BCUT2D eigenvalue weighted by Gasteiger charge is -2.00. The number of aromatic amines is 1. The van der Waals surface area contributed by atoms with Gasteiger partial charge < -0.3 is 0 Å². The number of hydrogen-bond donors (Lipinski definition) is 2. The number of hydrogen-bond acceptors (Lipinski definition) is 3. The number of carbonyl (C=O) groups excluding carboxylic acids is 1. The first kappa shape index (κ1) is 10.0. The number of nitrogens with one attached hydrogen (secondary N) is 2. The normalized spacial score (nSPS) is 9.23. The van der Waals surface area contributed by atoms with Crippen LogP contribution in [0.1, 0.15) is 10.5 Å². The molecular weight excluding hydrogens is 285 g/mol. The van der Waals surface area contributed by atoms with Crippen LogP contribution >= 0.6 is 22.6 Å². The molecule has 0 aliphatic carbocycles. The van der Waals surface area contributed by atoms with Crippen LogP contribution in [0, 0.1) is 15.9 Å². The van der Waals surface area contributed by atoms with Gasteiger partial charge in [-0.2, -0.15) is 5.10 Å². The maximum absolute atomic E-state index is 11.2. The Labute approximate surface area is 88.3 Å². The van der Waals surface area contributed by atoms with E-state index in [0.717, 1.165) is 3.57 Å². The minimum Gasteiger partial charge on any atom is -0.272 e. The minimum atomic E-state index is -0.392. The smallest absolute Gasteiger partial charge is 0.272 e. The van der Waals surface area contributed by atoms with Gasteiger partial charge in [0.15, 0.2) is 0 Å². The van der Waals surface area contributed by atoms with Crippen molar-refractivity contribution >= 4 is 28.5 Å². The summed E-state index contributed by atoms with van der Waals surface area (Å²) in [5.74, 6) is 1.83. The number of nitrogens with zero attached hydrogens (tertiary/aromatic N) is 1. The lowest BCUT2D eigenvalue weighted by atomic mass is 10.4. The van der Waals surface area contributed by atoms with E-state index < -0.39 is 5.91 Å². The minimum absolute atomic E-state index is 0.0382. The summed E-state index contributed by atoms with van der Waals surface area (Å²) in [6, 6.07) is 0. The van der Waals surface area contributed by atoms with Crippen molar-refractivity contribution < 1.29 is 9.63 Å². The maximum atomic E-state index is 11.2. The predicted molar refractivity (Wildman–Crippen MR) is 53.6 cm³/mol. The Morgan fingerprint density at radius 1 is 1.92 bits per heavy atom. The summed E-state index contributed by atoms with van der Waals surface area (Å²) in [6.45, 7) is 0.0382. The second kappa shape index (κ2) is 4.84. The molecule has 5 nitrogen and oxygen atoms in total. The zero-order valence-corrected chi connectivity index (χ0v) is 8.66. The standard InChI is InChI=1S/C7H6IN3O2/c1-2-3-13-11-7(12)6-5(8)4-9-10-6/h1,4H,3H2,(H,9,10)(H,11,12). The van der Waals surface area contributed by atoms with Crippen LogP contribution < -0.4 is 5.48 Å². The number of H-pyrrole nitrogens is 1. The molecule has 0 radical (unpaired) electrons. The highest BCUT2D eigenvalue weighted by Gasteiger charge is 2.10. The number of terminal acetylenes is 1. The van der Waals surface area contributed by atoms with E-state index in [0.29, 0.717) is 5.69 Å². The third-order valence-electron chi connectivity index (χ3n) is 1.14. The molecule has 0 bridgehead atoms. The van der Waals surface area contributed by atoms with E-state index in [9.17, 15) is 4.79 Å². The largest absolute Gasteiger partial charge is 0.293 e. The molecule has 13 heavy (non-hydrogen) atoms. The van der Waals surface area contributed by atoms with Crippen molar-refractivity contribution in [2.75, 3.05) is 6.61 Å². The Bertz CT molecular complexity index is 342. The van der Waals surface area contributed by atoms with Crippen LogP contribution in [0.15, 0.2) is 6.20 Å². The van der Waals surface area contributed by atoms with Crippen LogP contribution in [0.4, 0.5) is 0 Å². The molecule has 0 spiro atoms. The number of amides is 1. The highest BCUT2D eigenvalue weighted by atomic mass is 127. The van der Waals surface area contributed by atoms with Crippen LogP contribution in [-0.4, -0.2) is 22.7 Å². The van der Waals surface area contributed by atoms with E-state index >= 15 is 0 Å². The Morgan fingerprint density at radius 3 is 3.23 bits per heavy atom. The van der Waals surface area contributed by atoms with E-state index in [-0.39, 0.29) is 6.61 Å². The molecule has 1 aromatic heterocycles. The fraction of sp³-hybridized carbons (Fsp3) is 0.143. The van der Waals surface area contributed by atoms with Crippen molar-refractivity contribution in [1.29, 1.82) is 0 Å². The first-order valence-electron chi connectivity index (χ1n) is 3.30. The molecule has 6 heteroatoms. The topological polar surface area (TPSA) is 67.0 Å². The highest BCUT2D eigenvalue weighted by Crippen LogP contribution is 2.06. The van der Waals surface area contributed by atoms with E-state index in [2.05, 4.69) is 26.4 Å². The van der Waals surface area contributed by atoms with Gasteiger partial charge in [0.1, 0.15) is 12.3 Å². The van der Waals surface area contributed by atoms with Gasteiger partial charge in [0.2, 0.25) is 0 Å². The van der Waals surface area contributed by atoms with Crippen molar-refractivity contribution in [2.45, 2.75) is 0 Å². The molecule has 0 aromatic carbocycles. The van der Waals surface area contributed by atoms with Gasteiger partial charge >= 0.3 is 0 Å². The molecule has 0 unspecified atom stereocenters. The highest BCUT2D eigenvalue weighted by molar-refractivity contribution is 14.1. The van der Waals surface area contributed by atoms with Gasteiger partial charge in [-0.1, -0.05) is 5.92 Å². The van der Waals surface area contributed by atoms with E-state index in [1.165, 1.54) is 6.20 Å². The second-order valence-electron chi connectivity index (χ2n) is 2.02. The summed E-state index contributed by atoms with van der Waals surface area (Å²) in [5.41, 5.74) is 2.53. The Morgan fingerprint density at radius 2 is 2.69 bits per heavy atom. The molecule has 2 N–H and O–H groups in total. The lowest BCUT2D eigenvalue weighted by molar-refractivity contribution is 0.0432. The molecule has 0 saturated carbocycles. The molecule has 1 aromatic rings. The number of aromatic nitrogens is 2. The van der Waals surface area contributed by atoms with Gasteiger partial charge in [-0.15, -0.1) is 6.42 Å². The maximum Gasteiger partial charge on any atom is 0.293 e. The first-order chi connectivity index (χ1) is 6.25. The van der Waals surface area contributed by atoms with Crippen molar-refractivity contribution in [1.82, 2.24) is 15.7 Å². The van der Waals surface area contributed by atoms with E-state index in [1.807, 2.05) is 22.6 Å². The van der Waals surface area contributed by atoms with Gasteiger partial charge in [0, 0.05) is 0 Å². The Kier molecular flexibility index (Phi) is 3.72. The average Bonchev–Trinajstić information content (AvgIpc) is 2.52. The molecule has 1 amide bonds. The summed E-state index contributed by atoms with van der Waals surface area (Å²) >= 11 is 1.98. The van der Waals surface area contributed by atoms with Crippen molar-refractivity contribution in [2.24, 2.45) is 0 Å². The SMILES string of the molecule is C#CCONC(=O)c1[nH]ncc1I. The van der Waals surface area contributed by atoms with Gasteiger partial charge in [0.25, 0.3) is 5.91 Å². The third kappa shape index (κ3) is 2.71.